The van der Waals surface area contributed by atoms with Crippen LogP contribution in [0.5, 0.6) is 5.75 Å². The third-order valence-electron chi connectivity index (χ3n) is 3.44. The molecule has 1 atom stereocenters. The van der Waals surface area contributed by atoms with Crippen LogP contribution in [-0.2, 0) is 9.53 Å². The van der Waals surface area contributed by atoms with E-state index in [1.54, 1.807) is 0 Å². The third-order valence-corrected chi connectivity index (χ3v) is 3.44. The topological polar surface area (TPSA) is 108 Å². The molecule has 0 aliphatic rings. The lowest BCUT2D eigenvalue weighted by Gasteiger charge is -2.15. The molecule has 1 amide bonds. The molecule has 0 bridgehead atoms. The number of amides is 1. The molecule has 0 unspecified atom stereocenters. The minimum Gasteiger partial charge on any atom is -0.474 e. The number of hydrogen-bond acceptors (Lipinski definition) is 6. The van der Waals surface area contributed by atoms with Gasteiger partial charge in [0.2, 0.25) is 0 Å². The van der Waals surface area contributed by atoms with Crippen molar-refractivity contribution in [2.45, 2.75) is 13.0 Å². The van der Waals surface area contributed by atoms with Crippen molar-refractivity contribution < 1.29 is 32.8 Å². The minimum atomic E-state index is -1.25. The third kappa shape index (κ3) is 4.75. The average molecular weight is 380 g/mol. The molecule has 0 heterocycles. The molecule has 2 rings (SSSR count). The van der Waals surface area contributed by atoms with Gasteiger partial charge in [0.1, 0.15) is 11.6 Å². The van der Waals surface area contributed by atoms with Gasteiger partial charge < -0.3 is 14.8 Å². The highest BCUT2D eigenvalue weighted by Crippen LogP contribution is 2.29. The molecule has 27 heavy (non-hydrogen) atoms. The molecule has 0 radical (unpaired) electrons. The van der Waals surface area contributed by atoms with E-state index >= 15 is 0 Å². The number of hydrogen-bond donors (Lipinski definition) is 1. The van der Waals surface area contributed by atoms with Crippen molar-refractivity contribution in [3.05, 3.63) is 63.7 Å². The van der Waals surface area contributed by atoms with Crippen molar-refractivity contribution in [3.8, 4) is 5.75 Å². The normalized spacial score (nSPS) is 11.4. The Balaban J connectivity index is 2.18. The lowest BCUT2D eigenvalue weighted by molar-refractivity contribution is -0.386. The van der Waals surface area contributed by atoms with Crippen LogP contribution in [0.4, 0.5) is 20.2 Å². The molecule has 0 aliphatic heterocycles. The lowest BCUT2D eigenvalue weighted by Crippen LogP contribution is -2.30. The Morgan fingerprint density at radius 1 is 1.19 bits per heavy atom. The Labute approximate surface area is 151 Å². The number of esters is 1. The summed E-state index contributed by atoms with van der Waals surface area (Å²) in [5, 5.41) is 13.4. The molecular weight excluding hydrogens is 366 g/mol. The number of carbonyl (C=O) groups is 2. The molecule has 142 valence electrons. The smallest absolute Gasteiger partial charge is 0.338 e. The molecule has 2 aromatic rings. The van der Waals surface area contributed by atoms with E-state index < -0.39 is 40.2 Å². The van der Waals surface area contributed by atoms with Crippen LogP contribution < -0.4 is 10.1 Å². The summed E-state index contributed by atoms with van der Waals surface area (Å²) in [5.74, 6) is -3.65. The number of ether oxygens (including phenoxy) is 2. The minimum absolute atomic E-state index is 0.0676. The molecule has 0 aromatic heterocycles. The van der Waals surface area contributed by atoms with Gasteiger partial charge in [-0.15, -0.1) is 0 Å². The molecule has 0 spiro atoms. The van der Waals surface area contributed by atoms with Gasteiger partial charge in [-0.3, -0.25) is 14.9 Å². The van der Waals surface area contributed by atoms with Crippen molar-refractivity contribution in [2.24, 2.45) is 0 Å². The van der Waals surface area contributed by atoms with Crippen LogP contribution in [0.2, 0.25) is 0 Å². The van der Waals surface area contributed by atoms with E-state index in [0.717, 1.165) is 31.4 Å². The van der Waals surface area contributed by atoms with Gasteiger partial charge in [-0.25, -0.2) is 13.6 Å². The summed E-state index contributed by atoms with van der Waals surface area (Å²) in [5.41, 5.74) is -0.889. The molecule has 2 aromatic carbocycles. The molecule has 1 N–H and O–H groups in total. The number of benzene rings is 2. The van der Waals surface area contributed by atoms with Crippen molar-refractivity contribution in [2.75, 3.05) is 12.4 Å². The zero-order chi connectivity index (χ0) is 20.1. The first-order chi connectivity index (χ1) is 12.7. The first kappa shape index (κ1) is 19.8. The highest BCUT2D eigenvalue weighted by molar-refractivity contribution is 5.94. The maximum absolute atomic E-state index is 13.6. The quantitative estimate of drug-likeness (QED) is 0.469. The van der Waals surface area contributed by atoms with Crippen LogP contribution in [0.15, 0.2) is 36.4 Å². The first-order valence-corrected chi connectivity index (χ1v) is 7.52. The second-order valence-corrected chi connectivity index (χ2v) is 5.30. The number of nitro benzene ring substituents is 1. The van der Waals surface area contributed by atoms with Gasteiger partial charge in [-0.05, 0) is 31.2 Å². The SMILES string of the molecule is COC(=O)c1ccc(O[C@H](C)C(=O)Nc2ccc(F)cc2F)c([N+](=O)[O-])c1. The highest BCUT2D eigenvalue weighted by atomic mass is 19.1. The lowest BCUT2D eigenvalue weighted by atomic mass is 10.2. The molecule has 0 aliphatic carbocycles. The van der Waals surface area contributed by atoms with E-state index in [2.05, 4.69) is 10.1 Å². The van der Waals surface area contributed by atoms with Gasteiger partial charge in [-0.2, -0.15) is 0 Å². The first-order valence-electron chi connectivity index (χ1n) is 7.52. The Morgan fingerprint density at radius 3 is 2.48 bits per heavy atom. The summed E-state index contributed by atoms with van der Waals surface area (Å²) in [6.45, 7) is 1.29. The van der Waals surface area contributed by atoms with Crippen LogP contribution >= 0.6 is 0 Å². The number of halogens is 2. The number of nitrogens with zero attached hydrogens (tertiary/aromatic N) is 1. The molecule has 0 saturated heterocycles. The van der Waals surface area contributed by atoms with Gasteiger partial charge >= 0.3 is 11.7 Å². The predicted octanol–water partition coefficient (Wildman–Crippen LogP) is 3.07. The zero-order valence-corrected chi connectivity index (χ0v) is 14.2. The Bertz CT molecular complexity index is 903. The summed E-state index contributed by atoms with van der Waals surface area (Å²) >= 11 is 0. The number of nitrogens with one attached hydrogen (secondary N) is 1. The fourth-order valence-corrected chi connectivity index (χ4v) is 2.07. The molecule has 0 saturated carbocycles. The van der Waals surface area contributed by atoms with E-state index in [1.807, 2.05) is 0 Å². The molecule has 0 fully saturated rings. The average Bonchev–Trinajstić information content (AvgIpc) is 2.63. The monoisotopic (exact) mass is 380 g/mol. The maximum Gasteiger partial charge on any atom is 0.338 e. The van der Waals surface area contributed by atoms with Gasteiger partial charge in [0.15, 0.2) is 11.9 Å². The highest BCUT2D eigenvalue weighted by Gasteiger charge is 2.24. The number of nitro groups is 1. The van der Waals surface area contributed by atoms with Crippen molar-refractivity contribution in [3.63, 3.8) is 0 Å². The van der Waals surface area contributed by atoms with Gasteiger partial charge in [0.05, 0.1) is 23.3 Å². The Kier molecular flexibility index (Phi) is 6.01. The standard InChI is InChI=1S/C17H14F2N2O6/c1-9(16(22)20-13-5-4-11(18)8-12(13)19)27-15-6-3-10(17(23)26-2)7-14(15)21(24)25/h3-9H,1-2H3,(H,20,22)/t9-/m1/s1. The predicted molar refractivity (Wildman–Crippen MR) is 89.5 cm³/mol. The van der Waals surface area contributed by atoms with Crippen LogP contribution in [0, 0.1) is 21.7 Å². The summed E-state index contributed by atoms with van der Waals surface area (Å²) < 4.78 is 36.2. The molecule has 10 heteroatoms. The van der Waals surface area contributed by atoms with Crippen LogP contribution in [0.25, 0.3) is 0 Å². The van der Waals surface area contributed by atoms with Gasteiger partial charge in [0, 0.05) is 12.1 Å². The fourth-order valence-electron chi connectivity index (χ4n) is 2.07. The number of carbonyl (C=O) groups excluding carboxylic acids is 2. The van der Waals surface area contributed by atoms with Crippen molar-refractivity contribution in [1.29, 1.82) is 0 Å². The van der Waals surface area contributed by atoms with E-state index in [-0.39, 0.29) is 17.0 Å². The Hall–Kier alpha value is -3.56. The second kappa shape index (κ2) is 8.21. The maximum atomic E-state index is 13.6. The van der Waals surface area contributed by atoms with E-state index in [1.165, 1.54) is 13.0 Å². The van der Waals surface area contributed by atoms with Gasteiger partial charge in [0.25, 0.3) is 5.91 Å². The van der Waals surface area contributed by atoms with Gasteiger partial charge in [-0.1, -0.05) is 0 Å². The van der Waals surface area contributed by atoms with Crippen LogP contribution in [0.3, 0.4) is 0 Å². The molecule has 8 nitrogen and oxygen atoms in total. The van der Waals surface area contributed by atoms with Crippen LogP contribution in [-0.4, -0.2) is 30.0 Å². The number of methoxy groups -OCH3 is 1. The zero-order valence-electron chi connectivity index (χ0n) is 14.2. The largest absolute Gasteiger partial charge is 0.474 e. The van der Waals surface area contributed by atoms with Crippen molar-refractivity contribution in [1.82, 2.24) is 0 Å². The van der Waals surface area contributed by atoms with Crippen molar-refractivity contribution >= 4 is 23.3 Å². The second-order valence-electron chi connectivity index (χ2n) is 5.30. The number of anilines is 1. The van der Waals surface area contributed by atoms with Crippen LogP contribution in [0.1, 0.15) is 17.3 Å². The van der Waals surface area contributed by atoms with E-state index in [9.17, 15) is 28.5 Å². The Morgan fingerprint density at radius 2 is 1.89 bits per heavy atom. The van der Waals surface area contributed by atoms with E-state index in [0.29, 0.717) is 6.07 Å². The summed E-state index contributed by atoms with van der Waals surface area (Å²) in [6, 6.07) is 5.91. The summed E-state index contributed by atoms with van der Waals surface area (Å²) in [4.78, 5) is 34.0. The summed E-state index contributed by atoms with van der Waals surface area (Å²) in [6.07, 6.45) is -1.25. The summed E-state index contributed by atoms with van der Waals surface area (Å²) in [7, 11) is 1.12. The fraction of sp³-hybridized carbons (Fsp3) is 0.176. The van der Waals surface area contributed by atoms with E-state index in [4.69, 9.17) is 4.74 Å². The molecular formula is C17H14F2N2O6. The number of rotatable bonds is 6.